The van der Waals surface area contributed by atoms with Crippen molar-refractivity contribution in [2.75, 3.05) is 36.0 Å². The Labute approximate surface area is 268 Å². The number of halogens is 1. The fourth-order valence-electron chi connectivity index (χ4n) is 5.37. The number of phenols is 1. The van der Waals surface area contributed by atoms with Gasteiger partial charge in [-0.05, 0) is 87.4 Å². The first-order valence-corrected chi connectivity index (χ1v) is 15.3. The van der Waals surface area contributed by atoms with Gasteiger partial charge in [-0.2, -0.15) is 10.2 Å². The van der Waals surface area contributed by atoms with E-state index in [4.69, 9.17) is 0 Å². The van der Waals surface area contributed by atoms with Gasteiger partial charge in [0.2, 0.25) is 0 Å². The van der Waals surface area contributed by atoms with Crippen molar-refractivity contribution in [1.82, 2.24) is 24.7 Å². The topological polar surface area (TPSA) is 139 Å². The molecular weight excluding hydrogens is 640 g/mol. The number of phenolic OH excluding ortho intramolecular Hbond substituents is 1. The lowest BCUT2D eigenvalue weighted by atomic mass is 10.1. The van der Waals surface area contributed by atoms with E-state index in [9.17, 15) is 19.9 Å². The van der Waals surface area contributed by atoms with E-state index in [0.29, 0.717) is 27.7 Å². The number of benzene rings is 3. The summed E-state index contributed by atoms with van der Waals surface area (Å²) < 4.78 is 3.69. The van der Waals surface area contributed by atoms with Crippen LogP contribution in [-0.2, 0) is 0 Å². The normalized spacial score (nSPS) is 13.7. The number of hydrogen-bond donors (Lipinski definition) is 2. The quantitative estimate of drug-likeness (QED) is 0.155. The Bertz CT molecular complexity index is 1800. The second-order valence-corrected chi connectivity index (χ2v) is 11.8. The highest BCUT2D eigenvalue weighted by Crippen LogP contribution is 2.29. The van der Waals surface area contributed by atoms with E-state index in [2.05, 4.69) is 41.1 Å². The van der Waals surface area contributed by atoms with E-state index >= 15 is 0 Å². The third-order valence-electron chi connectivity index (χ3n) is 7.86. The van der Waals surface area contributed by atoms with Crippen molar-refractivity contribution in [3.05, 3.63) is 116 Å². The Kier molecular flexibility index (Phi) is 9.37. The smallest absolute Gasteiger partial charge is 0.351 e. The predicted octanol–water partition coefficient (Wildman–Crippen LogP) is 4.24. The second kappa shape index (κ2) is 13.4. The lowest BCUT2D eigenvalue weighted by Gasteiger charge is -2.37. The Morgan fingerprint density at radius 3 is 2.00 bits per heavy atom. The van der Waals surface area contributed by atoms with E-state index in [1.54, 1.807) is 30.5 Å². The Balaban J connectivity index is 0.000000598. The fraction of sp³-hybridized carbons (Fsp3) is 0.281. The number of carbonyl (C=O) groups is 1. The van der Waals surface area contributed by atoms with Gasteiger partial charge in [0.25, 0.3) is 0 Å². The van der Waals surface area contributed by atoms with Gasteiger partial charge < -0.3 is 20.1 Å². The molecule has 0 spiro atoms. The molecule has 13 heteroatoms. The number of H-pyrrole nitrogens is 1. The number of piperazine rings is 1. The molecule has 3 heterocycles. The molecule has 2 N–H and O–H groups in total. The maximum atomic E-state index is 13.3. The SMILES string of the molecule is Cc1cc(N2CCN(c3ccc(-n4c(C)nn(C(C)C(=O)c5ccc(Br)cc5)c4=O)cc3)CC2)cc(C)c1O.[O-][n+]1cc[nH]n1. The van der Waals surface area contributed by atoms with Gasteiger partial charge in [-0.1, -0.05) is 28.1 Å². The number of nitrogens with zero attached hydrogens (tertiary/aromatic N) is 7. The zero-order valence-electron chi connectivity index (χ0n) is 25.5. The molecule has 6 rings (SSSR count). The molecular formula is C32H35BrN8O4. The Morgan fingerprint density at radius 1 is 0.933 bits per heavy atom. The van der Waals surface area contributed by atoms with Gasteiger partial charge >= 0.3 is 5.69 Å². The number of nitrogens with one attached hydrogen (secondary N) is 1. The van der Waals surface area contributed by atoms with Crippen LogP contribution in [0.15, 0.2) is 82.3 Å². The molecule has 1 aliphatic heterocycles. The van der Waals surface area contributed by atoms with E-state index in [0.717, 1.165) is 53.2 Å². The summed E-state index contributed by atoms with van der Waals surface area (Å²) >= 11 is 3.38. The van der Waals surface area contributed by atoms with E-state index in [-0.39, 0.29) is 11.5 Å². The van der Waals surface area contributed by atoms with Crippen molar-refractivity contribution in [3.8, 4) is 11.4 Å². The highest BCUT2D eigenvalue weighted by Gasteiger charge is 2.24. The molecule has 0 aliphatic carbocycles. The average Bonchev–Trinajstić information content (AvgIpc) is 3.64. The molecule has 1 fully saturated rings. The maximum absolute atomic E-state index is 13.3. The van der Waals surface area contributed by atoms with Crippen LogP contribution in [0.1, 0.15) is 40.3 Å². The summed E-state index contributed by atoms with van der Waals surface area (Å²) in [4.78, 5) is 31.4. The monoisotopic (exact) mass is 674 g/mol. The van der Waals surface area contributed by atoms with E-state index in [1.165, 1.54) is 17.1 Å². The molecule has 1 aliphatic rings. The first-order valence-electron chi connectivity index (χ1n) is 14.5. The zero-order valence-corrected chi connectivity index (χ0v) is 27.1. The van der Waals surface area contributed by atoms with Crippen molar-refractivity contribution in [2.45, 2.75) is 33.7 Å². The summed E-state index contributed by atoms with van der Waals surface area (Å²) in [6, 6.07) is 18.4. The van der Waals surface area contributed by atoms with Gasteiger partial charge in [-0.15, -0.1) is 4.85 Å². The number of aromatic amines is 1. The molecule has 1 unspecified atom stereocenters. The van der Waals surface area contributed by atoms with Gasteiger partial charge in [-0.3, -0.25) is 4.79 Å². The number of carbonyl (C=O) groups excluding carboxylic acids is 1. The number of rotatable bonds is 6. The largest absolute Gasteiger partial charge is 0.691 e. The van der Waals surface area contributed by atoms with Crippen LogP contribution in [0.2, 0.25) is 0 Å². The van der Waals surface area contributed by atoms with Crippen molar-refractivity contribution < 1.29 is 14.7 Å². The lowest BCUT2D eigenvalue weighted by Crippen LogP contribution is -2.46. The van der Waals surface area contributed by atoms with E-state index in [1.807, 2.05) is 62.4 Å². The molecule has 45 heavy (non-hydrogen) atoms. The summed E-state index contributed by atoms with van der Waals surface area (Å²) in [6.45, 7) is 10.8. The summed E-state index contributed by atoms with van der Waals surface area (Å²) in [7, 11) is 0. The third kappa shape index (κ3) is 6.93. The molecule has 1 atom stereocenters. The fourth-order valence-corrected chi connectivity index (χ4v) is 5.64. The highest BCUT2D eigenvalue weighted by atomic mass is 79.9. The molecule has 12 nitrogen and oxygen atoms in total. The summed E-state index contributed by atoms with van der Waals surface area (Å²) in [5, 5.41) is 29.8. The highest BCUT2D eigenvalue weighted by molar-refractivity contribution is 9.10. The Morgan fingerprint density at radius 2 is 1.49 bits per heavy atom. The zero-order chi connectivity index (χ0) is 32.2. The minimum Gasteiger partial charge on any atom is -0.691 e. The molecule has 2 aromatic heterocycles. The molecule has 0 bridgehead atoms. The number of ketones is 1. The van der Waals surface area contributed by atoms with Crippen LogP contribution in [0, 0.1) is 26.0 Å². The van der Waals surface area contributed by atoms with Crippen LogP contribution >= 0.6 is 15.9 Å². The van der Waals surface area contributed by atoms with Gasteiger partial charge in [0, 0.05) is 47.6 Å². The first kappa shape index (κ1) is 31.5. The average molecular weight is 676 g/mol. The van der Waals surface area contributed by atoms with Crippen LogP contribution in [0.4, 0.5) is 11.4 Å². The molecule has 1 saturated heterocycles. The van der Waals surface area contributed by atoms with Crippen LogP contribution in [0.5, 0.6) is 5.75 Å². The van der Waals surface area contributed by atoms with Gasteiger partial charge in [0.15, 0.2) is 18.2 Å². The number of anilines is 2. The summed E-state index contributed by atoms with van der Waals surface area (Å²) in [5.74, 6) is 0.723. The molecule has 0 amide bonds. The number of Topliss-reactive ketones (excluding diaryl/α,β-unsaturated/α-hetero) is 1. The number of aromatic hydroxyl groups is 1. The molecule has 5 aromatic rings. The van der Waals surface area contributed by atoms with Gasteiger partial charge in [-0.25, -0.2) is 14.0 Å². The maximum Gasteiger partial charge on any atom is 0.351 e. The van der Waals surface area contributed by atoms with E-state index < -0.39 is 6.04 Å². The Hall–Kier alpha value is -4.91. The van der Waals surface area contributed by atoms with Crippen molar-refractivity contribution in [2.24, 2.45) is 0 Å². The lowest BCUT2D eigenvalue weighted by molar-refractivity contribution is -0.668. The van der Waals surface area contributed by atoms with Crippen molar-refractivity contribution >= 4 is 33.1 Å². The molecule has 234 valence electrons. The van der Waals surface area contributed by atoms with Crippen LogP contribution in [0.25, 0.3) is 5.69 Å². The van der Waals surface area contributed by atoms with Gasteiger partial charge in [0.1, 0.15) is 17.6 Å². The summed E-state index contributed by atoms with van der Waals surface area (Å²) in [6.07, 6.45) is 2.73. The van der Waals surface area contributed by atoms with Crippen LogP contribution in [-0.4, -0.2) is 61.7 Å². The minimum atomic E-state index is -0.727. The number of aromatic nitrogens is 6. The number of hydrogen-bond acceptors (Lipinski definition) is 8. The van der Waals surface area contributed by atoms with Crippen LogP contribution in [0.3, 0.4) is 0 Å². The van der Waals surface area contributed by atoms with Crippen molar-refractivity contribution in [3.63, 3.8) is 0 Å². The molecule has 0 radical (unpaired) electrons. The molecule has 3 aromatic carbocycles. The first-order chi connectivity index (χ1) is 21.5. The summed E-state index contributed by atoms with van der Waals surface area (Å²) in [5.41, 5.74) is 4.92. The number of aryl methyl sites for hydroxylation is 3. The molecule has 0 saturated carbocycles. The predicted molar refractivity (Wildman–Crippen MR) is 175 cm³/mol. The van der Waals surface area contributed by atoms with Crippen LogP contribution < -0.4 is 20.3 Å². The third-order valence-corrected chi connectivity index (χ3v) is 8.39. The minimum absolute atomic E-state index is 0.165. The second-order valence-electron chi connectivity index (χ2n) is 10.9. The van der Waals surface area contributed by atoms with Gasteiger partial charge in [0.05, 0.1) is 10.9 Å². The van der Waals surface area contributed by atoms with Crippen molar-refractivity contribution in [1.29, 1.82) is 0 Å². The standard InChI is InChI=1S/C30H32BrN5O3.C2H3N3O/c1-19-17-27(18-20(2)28(19)37)34-15-13-33(14-16-34)25-9-11-26(12-10-25)35-22(4)32-36(30(35)39)21(3)29(38)23-5-7-24(31)8-6-23;6-5-2-1-3-4-5/h5-12,17-18,21,37H,13-16H2,1-4H3;1-3H.